The van der Waals surface area contributed by atoms with Crippen LogP contribution in [0.3, 0.4) is 0 Å². The van der Waals surface area contributed by atoms with Crippen molar-refractivity contribution in [3.63, 3.8) is 0 Å². The lowest BCUT2D eigenvalue weighted by atomic mass is 10.2. The van der Waals surface area contributed by atoms with Crippen LogP contribution < -0.4 is 4.74 Å². The molecule has 0 aliphatic carbocycles. The molecule has 1 atom stereocenters. The first kappa shape index (κ1) is 16.2. The highest BCUT2D eigenvalue weighted by molar-refractivity contribution is 5.31. The number of β-amino-alcohol motifs (C(OH)–C–C–N with tert-alkyl or cyclic N) is 2. The van der Waals surface area contributed by atoms with Gasteiger partial charge in [0.25, 0.3) is 0 Å². The van der Waals surface area contributed by atoms with Crippen LogP contribution in [0.4, 0.5) is 0 Å². The van der Waals surface area contributed by atoms with Crippen LogP contribution in [0.15, 0.2) is 24.3 Å². The molecule has 5 nitrogen and oxygen atoms in total. The number of rotatable bonds is 7. The monoisotopic (exact) mass is 294 g/mol. The number of nitrogens with zero attached hydrogens (tertiary/aromatic N) is 2. The van der Waals surface area contributed by atoms with Crippen molar-refractivity contribution < 1.29 is 14.9 Å². The van der Waals surface area contributed by atoms with Gasteiger partial charge in [0.2, 0.25) is 0 Å². The molecule has 0 amide bonds. The molecular weight excluding hydrogens is 268 g/mol. The minimum atomic E-state index is -0.478. The van der Waals surface area contributed by atoms with Crippen molar-refractivity contribution in [3.8, 4) is 5.75 Å². The molecule has 2 rings (SSSR count). The van der Waals surface area contributed by atoms with Crippen LogP contribution in [0.2, 0.25) is 0 Å². The summed E-state index contributed by atoms with van der Waals surface area (Å²) in [7, 11) is 0. The minimum Gasteiger partial charge on any atom is -0.491 e. The number of para-hydroxylation sites is 1. The van der Waals surface area contributed by atoms with Crippen LogP contribution in [-0.2, 0) is 0 Å². The third kappa shape index (κ3) is 5.28. The number of benzene rings is 1. The van der Waals surface area contributed by atoms with Gasteiger partial charge in [0.05, 0.1) is 6.61 Å². The molecule has 5 heteroatoms. The average Bonchev–Trinajstić information content (AvgIpc) is 2.49. The topological polar surface area (TPSA) is 56.2 Å². The van der Waals surface area contributed by atoms with Crippen molar-refractivity contribution in [1.82, 2.24) is 9.80 Å². The van der Waals surface area contributed by atoms with Gasteiger partial charge in [-0.05, 0) is 18.6 Å². The fourth-order valence-corrected chi connectivity index (χ4v) is 2.59. The van der Waals surface area contributed by atoms with Gasteiger partial charge in [-0.2, -0.15) is 0 Å². The van der Waals surface area contributed by atoms with Crippen LogP contribution in [-0.4, -0.2) is 78.6 Å². The number of ether oxygens (including phenoxy) is 1. The number of aliphatic hydroxyl groups is 2. The number of piperazine rings is 1. The zero-order valence-corrected chi connectivity index (χ0v) is 12.7. The maximum Gasteiger partial charge on any atom is 0.122 e. The molecular formula is C16H26N2O3. The summed E-state index contributed by atoms with van der Waals surface area (Å²) in [5, 5.41) is 19.0. The van der Waals surface area contributed by atoms with E-state index in [9.17, 15) is 5.11 Å². The lowest BCUT2D eigenvalue weighted by Crippen LogP contribution is -2.49. The third-order valence-electron chi connectivity index (χ3n) is 3.87. The van der Waals surface area contributed by atoms with Gasteiger partial charge >= 0.3 is 0 Å². The van der Waals surface area contributed by atoms with E-state index in [-0.39, 0.29) is 6.61 Å². The predicted molar refractivity (Wildman–Crippen MR) is 82.6 cm³/mol. The third-order valence-corrected chi connectivity index (χ3v) is 3.87. The molecule has 21 heavy (non-hydrogen) atoms. The quantitative estimate of drug-likeness (QED) is 0.760. The van der Waals surface area contributed by atoms with Gasteiger partial charge in [0.15, 0.2) is 0 Å². The highest BCUT2D eigenvalue weighted by Crippen LogP contribution is 2.16. The van der Waals surface area contributed by atoms with Gasteiger partial charge in [-0.1, -0.05) is 18.2 Å². The summed E-state index contributed by atoms with van der Waals surface area (Å²) < 4.78 is 5.68. The fourth-order valence-electron chi connectivity index (χ4n) is 2.59. The van der Waals surface area contributed by atoms with E-state index >= 15 is 0 Å². The standard InChI is InChI=1S/C16H26N2O3/c1-14-4-2-3-5-16(14)21-13-15(20)12-18-8-6-17(7-9-18)10-11-19/h2-5,15,19-20H,6-13H2,1H3. The van der Waals surface area contributed by atoms with Crippen LogP contribution in [0.5, 0.6) is 5.75 Å². The van der Waals surface area contributed by atoms with E-state index in [2.05, 4.69) is 9.80 Å². The molecule has 1 aromatic carbocycles. The first-order chi connectivity index (χ1) is 10.2. The van der Waals surface area contributed by atoms with Gasteiger partial charge < -0.3 is 14.9 Å². The summed E-state index contributed by atoms with van der Waals surface area (Å²) >= 11 is 0. The maximum absolute atomic E-state index is 10.1. The fraction of sp³-hybridized carbons (Fsp3) is 0.625. The van der Waals surface area contributed by atoms with Crippen LogP contribution in [0.1, 0.15) is 5.56 Å². The lowest BCUT2D eigenvalue weighted by Gasteiger charge is -2.35. The number of aliphatic hydroxyl groups excluding tert-OH is 2. The SMILES string of the molecule is Cc1ccccc1OCC(O)CN1CCN(CCO)CC1. The van der Waals surface area contributed by atoms with Crippen LogP contribution >= 0.6 is 0 Å². The second-order valence-electron chi connectivity index (χ2n) is 5.60. The van der Waals surface area contributed by atoms with Gasteiger partial charge in [-0.15, -0.1) is 0 Å². The molecule has 118 valence electrons. The van der Waals surface area contributed by atoms with Crippen molar-refractivity contribution >= 4 is 0 Å². The minimum absolute atomic E-state index is 0.215. The molecule has 1 aromatic rings. The summed E-state index contributed by atoms with van der Waals surface area (Å²) in [6.45, 7) is 7.68. The summed E-state index contributed by atoms with van der Waals surface area (Å²) in [4.78, 5) is 4.49. The molecule has 1 aliphatic rings. The summed E-state index contributed by atoms with van der Waals surface area (Å²) in [6, 6.07) is 7.84. The second-order valence-corrected chi connectivity index (χ2v) is 5.60. The molecule has 0 aromatic heterocycles. The number of aryl methyl sites for hydroxylation is 1. The zero-order valence-electron chi connectivity index (χ0n) is 12.7. The predicted octanol–water partition coefficient (Wildman–Crippen LogP) is 0.345. The Labute approximate surface area is 126 Å². The Morgan fingerprint density at radius 3 is 2.48 bits per heavy atom. The Balaban J connectivity index is 1.68. The zero-order chi connectivity index (χ0) is 15.1. The number of hydrogen-bond acceptors (Lipinski definition) is 5. The van der Waals surface area contributed by atoms with Gasteiger partial charge in [-0.25, -0.2) is 0 Å². The molecule has 0 spiro atoms. The summed E-state index contributed by atoms with van der Waals surface area (Å²) in [6.07, 6.45) is -0.478. The average molecular weight is 294 g/mol. The molecule has 0 bridgehead atoms. The van der Waals surface area contributed by atoms with Gasteiger partial charge in [0, 0.05) is 39.3 Å². The molecule has 1 unspecified atom stereocenters. The summed E-state index contributed by atoms with van der Waals surface area (Å²) in [5.41, 5.74) is 1.09. The van der Waals surface area contributed by atoms with Crippen molar-refractivity contribution in [3.05, 3.63) is 29.8 Å². The normalized spacial score (nSPS) is 18.6. The highest BCUT2D eigenvalue weighted by Gasteiger charge is 2.19. The van der Waals surface area contributed by atoms with Crippen LogP contribution in [0.25, 0.3) is 0 Å². The largest absolute Gasteiger partial charge is 0.491 e. The van der Waals surface area contributed by atoms with E-state index in [0.717, 1.165) is 44.0 Å². The van der Waals surface area contributed by atoms with E-state index in [1.54, 1.807) is 0 Å². The highest BCUT2D eigenvalue weighted by atomic mass is 16.5. The first-order valence-corrected chi connectivity index (χ1v) is 7.61. The molecule has 2 N–H and O–H groups in total. The Morgan fingerprint density at radius 1 is 1.14 bits per heavy atom. The summed E-state index contributed by atoms with van der Waals surface area (Å²) in [5.74, 6) is 0.837. The molecule has 1 saturated heterocycles. The van der Waals surface area contributed by atoms with Gasteiger partial charge in [-0.3, -0.25) is 9.80 Å². The Morgan fingerprint density at radius 2 is 1.81 bits per heavy atom. The van der Waals surface area contributed by atoms with E-state index in [1.807, 2.05) is 31.2 Å². The molecule has 1 fully saturated rings. The lowest BCUT2D eigenvalue weighted by molar-refractivity contribution is 0.0427. The van der Waals surface area contributed by atoms with E-state index < -0.39 is 6.10 Å². The van der Waals surface area contributed by atoms with Crippen molar-refractivity contribution in [1.29, 1.82) is 0 Å². The molecule has 0 saturated carbocycles. The Kier molecular flexibility index (Phi) is 6.45. The van der Waals surface area contributed by atoms with E-state index in [0.29, 0.717) is 13.2 Å². The molecule has 1 heterocycles. The number of hydrogen-bond donors (Lipinski definition) is 2. The molecule has 0 radical (unpaired) electrons. The second kappa shape index (κ2) is 8.34. The van der Waals surface area contributed by atoms with Gasteiger partial charge in [0.1, 0.15) is 18.5 Å². The maximum atomic E-state index is 10.1. The van der Waals surface area contributed by atoms with Crippen molar-refractivity contribution in [2.24, 2.45) is 0 Å². The van der Waals surface area contributed by atoms with E-state index in [1.165, 1.54) is 0 Å². The van der Waals surface area contributed by atoms with Crippen LogP contribution in [0, 0.1) is 6.92 Å². The first-order valence-electron chi connectivity index (χ1n) is 7.61. The van der Waals surface area contributed by atoms with Crippen molar-refractivity contribution in [2.75, 3.05) is 52.5 Å². The van der Waals surface area contributed by atoms with E-state index in [4.69, 9.17) is 9.84 Å². The Bertz CT molecular complexity index is 420. The Hall–Kier alpha value is -1.14. The smallest absolute Gasteiger partial charge is 0.122 e. The van der Waals surface area contributed by atoms with Crippen molar-refractivity contribution in [2.45, 2.75) is 13.0 Å². The molecule has 1 aliphatic heterocycles.